The zero-order valence-corrected chi connectivity index (χ0v) is 14.1. The van der Waals surface area contributed by atoms with Gasteiger partial charge < -0.3 is 4.74 Å². The van der Waals surface area contributed by atoms with Gasteiger partial charge in [-0.3, -0.25) is 14.5 Å². The third kappa shape index (κ3) is 3.69. The van der Waals surface area contributed by atoms with Gasteiger partial charge in [0.2, 0.25) is 0 Å². The highest BCUT2D eigenvalue weighted by atomic mass is 16.5. The minimum Gasteiger partial charge on any atom is -0.375 e. The van der Waals surface area contributed by atoms with Crippen molar-refractivity contribution in [3.63, 3.8) is 0 Å². The molecule has 25 heavy (non-hydrogen) atoms. The Kier molecular flexibility index (Phi) is 5.41. The lowest BCUT2D eigenvalue weighted by Crippen LogP contribution is -2.42. The molecule has 128 valence electrons. The van der Waals surface area contributed by atoms with Crippen molar-refractivity contribution in [2.45, 2.75) is 25.5 Å². The number of fused-ring (bicyclic) bond motifs is 1. The first kappa shape index (κ1) is 17.1. The molecule has 1 atom stereocenters. The summed E-state index contributed by atoms with van der Waals surface area (Å²) in [6.07, 6.45) is 3.15. The first-order valence-corrected chi connectivity index (χ1v) is 8.42. The molecule has 0 aromatic heterocycles. The molecule has 0 bridgehead atoms. The van der Waals surface area contributed by atoms with Crippen molar-refractivity contribution in [1.29, 1.82) is 0 Å². The lowest BCUT2D eigenvalue weighted by Gasteiger charge is -2.26. The first-order valence-electron chi connectivity index (χ1n) is 8.42. The molecular weight excluding hydrogens is 314 g/mol. The Labute approximate surface area is 147 Å². The topological polar surface area (TPSA) is 46.6 Å². The molecule has 2 aromatic carbocycles. The first-order chi connectivity index (χ1) is 12.2. The molecule has 0 radical (unpaired) electrons. The predicted octanol–water partition coefficient (Wildman–Crippen LogP) is 3.83. The van der Waals surface area contributed by atoms with E-state index >= 15 is 0 Å². The quantitative estimate of drug-likeness (QED) is 0.544. The Hall–Kier alpha value is -2.72. The van der Waals surface area contributed by atoms with Gasteiger partial charge in [-0.1, -0.05) is 48.5 Å². The summed E-state index contributed by atoms with van der Waals surface area (Å²) in [7, 11) is 0. The fourth-order valence-electron chi connectivity index (χ4n) is 3.02. The largest absolute Gasteiger partial charge is 0.375 e. The number of carbonyl (C=O) groups is 2. The van der Waals surface area contributed by atoms with Gasteiger partial charge in [0.25, 0.3) is 11.8 Å². The minimum absolute atomic E-state index is 0.238. The maximum atomic E-state index is 12.7. The van der Waals surface area contributed by atoms with Gasteiger partial charge in [-0.25, -0.2) is 0 Å². The number of nitrogens with zero attached hydrogens (tertiary/aromatic N) is 1. The molecule has 1 aliphatic heterocycles. The molecule has 3 rings (SSSR count). The maximum absolute atomic E-state index is 12.7. The second-order valence-electron chi connectivity index (χ2n) is 6.05. The summed E-state index contributed by atoms with van der Waals surface area (Å²) in [5.41, 5.74) is 2.01. The molecular formula is C21H21NO3. The molecule has 4 nitrogen and oxygen atoms in total. The van der Waals surface area contributed by atoms with Crippen LogP contribution in [0, 0.1) is 0 Å². The molecule has 0 N–H and O–H groups in total. The summed E-state index contributed by atoms with van der Waals surface area (Å²) in [6.45, 7) is 4.50. The van der Waals surface area contributed by atoms with Crippen LogP contribution in [0.4, 0.5) is 0 Å². The summed E-state index contributed by atoms with van der Waals surface area (Å²) >= 11 is 0. The fraction of sp³-hybridized carbons (Fsp3) is 0.238. The van der Waals surface area contributed by atoms with Gasteiger partial charge in [0.05, 0.1) is 30.4 Å². The highest BCUT2D eigenvalue weighted by Gasteiger charge is 2.39. The zero-order chi connectivity index (χ0) is 17.6. The van der Waals surface area contributed by atoms with Crippen LogP contribution < -0.4 is 0 Å². The average Bonchev–Trinajstić information content (AvgIpc) is 2.90. The monoisotopic (exact) mass is 335 g/mol. The zero-order valence-electron chi connectivity index (χ0n) is 14.1. The van der Waals surface area contributed by atoms with E-state index < -0.39 is 0 Å². The van der Waals surface area contributed by atoms with E-state index in [1.807, 2.05) is 30.3 Å². The van der Waals surface area contributed by atoms with Crippen LogP contribution in [0.25, 0.3) is 0 Å². The van der Waals surface area contributed by atoms with Crippen molar-refractivity contribution < 1.29 is 14.3 Å². The number of imide groups is 1. The van der Waals surface area contributed by atoms with Crippen LogP contribution in [0.15, 0.2) is 67.3 Å². The van der Waals surface area contributed by atoms with E-state index in [-0.39, 0.29) is 17.9 Å². The third-order valence-corrected chi connectivity index (χ3v) is 4.32. The van der Waals surface area contributed by atoms with Gasteiger partial charge in [0, 0.05) is 0 Å². The number of carbonyl (C=O) groups excluding carboxylic acids is 2. The molecule has 1 aliphatic rings. The Morgan fingerprint density at radius 2 is 1.56 bits per heavy atom. The molecule has 0 unspecified atom stereocenters. The summed E-state index contributed by atoms with van der Waals surface area (Å²) < 4.78 is 5.81. The molecule has 0 saturated carbocycles. The van der Waals surface area contributed by atoms with Gasteiger partial charge in [-0.05, 0) is 30.5 Å². The van der Waals surface area contributed by atoms with E-state index in [9.17, 15) is 9.59 Å². The normalized spacial score (nSPS) is 14.5. The number of benzene rings is 2. The van der Waals surface area contributed by atoms with E-state index in [0.29, 0.717) is 37.2 Å². The summed E-state index contributed by atoms with van der Waals surface area (Å²) in [5.74, 6) is -0.476. The Balaban J connectivity index is 1.71. The van der Waals surface area contributed by atoms with Crippen molar-refractivity contribution in [3.8, 4) is 0 Å². The molecule has 0 aliphatic carbocycles. The highest BCUT2D eigenvalue weighted by Crippen LogP contribution is 2.26. The Morgan fingerprint density at radius 1 is 0.960 bits per heavy atom. The predicted molar refractivity (Wildman–Crippen MR) is 96.3 cm³/mol. The molecule has 0 fully saturated rings. The van der Waals surface area contributed by atoms with Crippen LogP contribution >= 0.6 is 0 Å². The van der Waals surface area contributed by atoms with Crippen molar-refractivity contribution in [1.82, 2.24) is 4.90 Å². The Bertz CT molecular complexity index is 735. The van der Waals surface area contributed by atoms with Crippen LogP contribution in [0.3, 0.4) is 0 Å². The van der Waals surface area contributed by atoms with E-state index in [1.165, 1.54) is 4.90 Å². The smallest absolute Gasteiger partial charge is 0.261 e. The number of ether oxygens (including phenoxy) is 1. The average molecular weight is 335 g/mol. The summed E-state index contributed by atoms with van der Waals surface area (Å²) in [4.78, 5) is 26.7. The van der Waals surface area contributed by atoms with Crippen molar-refractivity contribution >= 4 is 11.8 Å². The van der Waals surface area contributed by atoms with Gasteiger partial charge in [-0.15, -0.1) is 6.58 Å². The number of allylic oxidation sites excluding steroid dienone is 1. The third-order valence-electron chi connectivity index (χ3n) is 4.32. The lowest BCUT2D eigenvalue weighted by molar-refractivity contribution is 0.0349. The van der Waals surface area contributed by atoms with Gasteiger partial charge in [-0.2, -0.15) is 0 Å². The molecule has 4 heteroatoms. The number of hydrogen-bond donors (Lipinski definition) is 0. The van der Waals surface area contributed by atoms with Crippen LogP contribution in [0.1, 0.15) is 39.1 Å². The minimum atomic E-state index is -0.297. The van der Waals surface area contributed by atoms with E-state index in [4.69, 9.17) is 4.74 Å². The van der Waals surface area contributed by atoms with Crippen LogP contribution in [-0.4, -0.2) is 29.4 Å². The second kappa shape index (κ2) is 7.90. The summed E-state index contributed by atoms with van der Waals surface area (Å²) in [6, 6.07) is 16.5. The maximum Gasteiger partial charge on any atom is 0.261 e. The fourth-order valence-corrected chi connectivity index (χ4v) is 3.02. The number of hydrogen-bond acceptors (Lipinski definition) is 3. The molecule has 2 amide bonds. The molecule has 0 spiro atoms. The number of rotatable bonds is 8. The van der Waals surface area contributed by atoms with E-state index in [1.54, 1.807) is 30.3 Å². The van der Waals surface area contributed by atoms with Gasteiger partial charge in [0.15, 0.2) is 0 Å². The van der Waals surface area contributed by atoms with E-state index in [2.05, 4.69) is 6.58 Å². The van der Waals surface area contributed by atoms with Crippen LogP contribution in [-0.2, 0) is 11.3 Å². The van der Waals surface area contributed by atoms with Gasteiger partial charge in [0.1, 0.15) is 0 Å². The second-order valence-corrected chi connectivity index (χ2v) is 6.05. The highest BCUT2D eigenvalue weighted by molar-refractivity contribution is 6.21. The van der Waals surface area contributed by atoms with E-state index in [0.717, 1.165) is 5.56 Å². The SMILES string of the molecule is C=CCC[C@@H](COCc1ccccc1)N1C(=O)c2ccccc2C1=O. The van der Waals surface area contributed by atoms with Gasteiger partial charge >= 0.3 is 0 Å². The van der Waals surface area contributed by atoms with Crippen LogP contribution in [0.2, 0.25) is 0 Å². The van der Waals surface area contributed by atoms with Crippen molar-refractivity contribution in [3.05, 3.63) is 83.9 Å². The van der Waals surface area contributed by atoms with Crippen molar-refractivity contribution in [2.75, 3.05) is 6.61 Å². The standard InChI is InChI=1S/C21H21NO3/c1-2-3-11-17(15-25-14-16-9-5-4-6-10-16)22-20(23)18-12-7-8-13-19(18)21(22)24/h2,4-10,12-13,17H,1,3,11,14-15H2/t17-/m0/s1. The van der Waals surface area contributed by atoms with Crippen LogP contribution in [0.5, 0.6) is 0 Å². The molecule has 2 aromatic rings. The number of amides is 2. The molecule has 0 saturated heterocycles. The lowest BCUT2D eigenvalue weighted by atomic mass is 10.1. The Morgan fingerprint density at radius 3 is 2.16 bits per heavy atom. The van der Waals surface area contributed by atoms with Crippen molar-refractivity contribution in [2.24, 2.45) is 0 Å². The molecule has 1 heterocycles. The summed E-state index contributed by atoms with van der Waals surface area (Å²) in [5, 5.41) is 0.